The van der Waals surface area contributed by atoms with Crippen LogP contribution in [0.25, 0.3) is 0 Å². The molecule has 4 aromatic rings. The van der Waals surface area contributed by atoms with Gasteiger partial charge in [0.05, 0.1) is 0 Å². The van der Waals surface area contributed by atoms with E-state index in [0.29, 0.717) is 12.1 Å². The average molecular weight is 503 g/mol. The average Bonchev–Trinajstić information content (AvgIpc) is 2.98. The Labute approximate surface area is 229 Å². The third-order valence-corrected chi connectivity index (χ3v) is 9.45. The van der Waals surface area contributed by atoms with Crippen molar-refractivity contribution in [3.8, 4) is 0 Å². The van der Waals surface area contributed by atoms with Crippen LogP contribution < -0.4 is 0 Å². The first-order valence-electron chi connectivity index (χ1n) is 14.6. The minimum Gasteiger partial charge on any atom is -0.304 e. The van der Waals surface area contributed by atoms with Crippen LogP contribution >= 0.6 is 0 Å². The number of benzene rings is 4. The van der Waals surface area contributed by atoms with E-state index in [-0.39, 0.29) is 0 Å². The highest BCUT2D eigenvalue weighted by molar-refractivity contribution is 5.18. The summed E-state index contributed by atoms with van der Waals surface area (Å²) in [5, 5.41) is 0. The van der Waals surface area contributed by atoms with Crippen LogP contribution in [0.1, 0.15) is 47.9 Å². The van der Waals surface area contributed by atoms with Crippen molar-refractivity contribution in [2.24, 2.45) is 0 Å². The molecule has 1 aliphatic carbocycles. The van der Waals surface area contributed by atoms with Gasteiger partial charge >= 0.3 is 0 Å². The van der Waals surface area contributed by atoms with Gasteiger partial charge < -0.3 is 8.97 Å². The standard InChI is InChI=1S/C36H42N2/c1-5-15-31(16-6-1)27-37(28-32-17-7-2-8-18-32)25-26-38(29-33-19-9-3-10-20-33,30-34-21-11-4-12-22-34)36-24-14-13-23-35(36)37/h1-12,15-22,35-36H,13-14,23-30H2/q+2/t35-,36+. The Hall–Kier alpha value is -3.20. The van der Waals surface area contributed by atoms with E-state index in [1.54, 1.807) is 0 Å². The van der Waals surface area contributed by atoms with Gasteiger partial charge in [0.1, 0.15) is 51.4 Å². The predicted molar refractivity (Wildman–Crippen MR) is 157 cm³/mol. The molecule has 0 N–H and O–H groups in total. The first kappa shape index (κ1) is 25.1. The van der Waals surface area contributed by atoms with Gasteiger partial charge in [-0.25, -0.2) is 0 Å². The second kappa shape index (κ2) is 11.3. The molecule has 2 atom stereocenters. The summed E-state index contributed by atoms with van der Waals surface area (Å²) < 4.78 is 2.39. The van der Waals surface area contributed by atoms with E-state index in [1.165, 1.54) is 70.0 Å². The van der Waals surface area contributed by atoms with Crippen LogP contribution in [0, 0.1) is 0 Å². The van der Waals surface area contributed by atoms with Gasteiger partial charge in [0.2, 0.25) is 0 Å². The number of rotatable bonds is 8. The zero-order valence-electron chi connectivity index (χ0n) is 22.7. The third-order valence-electron chi connectivity index (χ3n) is 9.45. The molecule has 1 aliphatic heterocycles. The van der Waals surface area contributed by atoms with Crippen molar-refractivity contribution >= 4 is 0 Å². The molecule has 0 aromatic heterocycles. The largest absolute Gasteiger partial charge is 0.304 e. The van der Waals surface area contributed by atoms with Crippen molar-refractivity contribution in [3.05, 3.63) is 144 Å². The molecule has 4 aromatic carbocycles. The molecule has 194 valence electrons. The fraction of sp³-hybridized carbons (Fsp3) is 0.333. The lowest BCUT2D eigenvalue weighted by molar-refractivity contribution is -1.09. The highest BCUT2D eigenvalue weighted by Crippen LogP contribution is 2.44. The van der Waals surface area contributed by atoms with Gasteiger partial charge in [-0.05, 0) is 12.8 Å². The smallest absolute Gasteiger partial charge is 0.142 e. The minimum atomic E-state index is 0.672. The summed E-state index contributed by atoms with van der Waals surface area (Å²) in [6.07, 6.45) is 5.41. The lowest BCUT2D eigenvalue weighted by Gasteiger charge is -2.60. The van der Waals surface area contributed by atoms with Gasteiger partial charge in [-0.15, -0.1) is 0 Å². The summed E-state index contributed by atoms with van der Waals surface area (Å²) in [4.78, 5) is 0. The van der Waals surface area contributed by atoms with E-state index < -0.39 is 0 Å². The van der Waals surface area contributed by atoms with Crippen LogP contribution in [0.3, 0.4) is 0 Å². The summed E-state index contributed by atoms with van der Waals surface area (Å²) in [6.45, 7) is 6.98. The Morgan fingerprint density at radius 1 is 0.395 bits per heavy atom. The lowest BCUT2D eigenvalue weighted by Crippen LogP contribution is -2.75. The highest BCUT2D eigenvalue weighted by atomic mass is 15.5. The molecule has 2 fully saturated rings. The summed E-state index contributed by atoms with van der Waals surface area (Å²) in [7, 11) is 0. The number of quaternary nitrogens is 2. The highest BCUT2D eigenvalue weighted by Gasteiger charge is 2.57. The maximum Gasteiger partial charge on any atom is 0.142 e. The van der Waals surface area contributed by atoms with E-state index in [0.717, 1.165) is 26.2 Å². The Kier molecular flexibility index (Phi) is 7.44. The molecule has 1 heterocycles. The normalized spacial score (nSPS) is 21.9. The van der Waals surface area contributed by atoms with Crippen molar-refractivity contribution < 1.29 is 8.97 Å². The molecular formula is C36H42N2+2. The van der Waals surface area contributed by atoms with E-state index in [4.69, 9.17) is 0 Å². The minimum absolute atomic E-state index is 0.672. The number of fused-ring (bicyclic) bond motifs is 1. The van der Waals surface area contributed by atoms with Crippen molar-refractivity contribution in [2.45, 2.75) is 63.9 Å². The number of hydrogen-bond acceptors (Lipinski definition) is 0. The number of nitrogens with zero attached hydrogens (tertiary/aromatic N) is 2. The van der Waals surface area contributed by atoms with Crippen molar-refractivity contribution in [2.75, 3.05) is 13.1 Å². The van der Waals surface area contributed by atoms with E-state index in [1.807, 2.05) is 0 Å². The van der Waals surface area contributed by atoms with Gasteiger partial charge in [-0.1, -0.05) is 121 Å². The zero-order valence-corrected chi connectivity index (χ0v) is 22.7. The quantitative estimate of drug-likeness (QED) is 0.216. The summed E-state index contributed by atoms with van der Waals surface area (Å²) in [5.74, 6) is 0. The maximum atomic E-state index is 2.35. The van der Waals surface area contributed by atoms with E-state index in [9.17, 15) is 0 Å². The van der Waals surface area contributed by atoms with Crippen LogP contribution in [-0.2, 0) is 26.2 Å². The Morgan fingerprint density at radius 2 is 0.658 bits per heavy atom. The second-order valence-electron chi connectivity index (χ2n) is 11.9. The van der Waals surface area contributed by atoms with Gasteiger partial charge in [-0.2, -0.15) is 0 Å². The van der Waals surface area contributed by atoms with Crippen molar-refractivity contribution in [1.29, 1.82) is 0 Å². The molecule has 0 amide bonds. The molecule has 1 saturated carbocycles. The summed E-state index contributed by atoms with van der Waals surface area (Å²) in [5.41, 5.74) is 5.94. The maximum absolute atomic E-state index is 2.35. The monoisotopic (exact) mass is 502 g/mol. The molecular weight excluding hydrogens is 460 g/mol. The zero-order chi connectivity index (χ0) is 25.7. The SMILES string of the molecule is c1ccc(C[N+]2(Cc3ccccc3)CC[N+](Cc3ccccc3)(Cc3ccccc3)[C@H]3CCCC[C@H]32)cc1. The van der Waals surface area contributed by atoms with Crippen LogP contribution in [0.2, 0.25) is 0 Å². The Bertz CT molecular complexity index is 1080. The van der Waals surface area contributed by atoms with Crippen LogP contribution in [0.15, 0.2) is 121 Å². The topological polar surface area (TPSA) is 0 Å². The van der Waals surface area contributed by atoms with Crippen molar-refractivity contribution in [1.82, 2.24) is 0 Å². The lowest BCUT2D eigenvalue weighted by atomic mass is 9.80. The molecule has 2 aliphatic rings. The van der Waals surface area contributed by atoms with Gasteiger partial charge in [-0.3, -0.25) is 0 Å². The Balaban J connectivity index is 1.42. The van der Waals surface area contributed by atoms with Crippen LogP contribution in [0.5, 0.6) is 0 Å². The molecule has 38 heavy (non-hydrogen) atoms. The number of piperazine rings is 1. The predicted octanol–water partition coefficient (Wildman–Crippen LogP) is 7.75. The van der Waals surface area contributed by atoms with Gasteiger partial charge in [0.25, 0.3) is 0 Å². The Morgan fingerprint density at radius 3 is 0.921 bits per heavy atom. The third kappa shape index (κ3) is 5.34. The molecule has 0 radical (unpaired) electrons. The molecule has 1 saturated heterocycles. The second-order valence-corrected chi connectivity index (χ2v) is 11.9. The molecule has 0 bridgehead atoms. The fourth-order valence-corrected chi connectivity index (χ4v) is 7.78. The van der Waals surface area contributed by atoms with Crippen LogP contribution in [0.4, 0.5) is 0 Å². The fourth-order valence-electron chi connectivity index (χ4n) is 7.78. The van der Waals surface area contributed by atoms with E-state index >= 15 is 0 Å². The van der Waals surface area contributed by atoms with E-state index in [2.05, 4.69) is 121 Å². The molecule has 0 unspecified atom stereocenters. The van der Waals surface area contributed by atoms with Crippen LogP contribution in [-0.4, -0.2) is 34.1 Å². The van der Waals surface area contributed by atoms with Crippen molar-refractivity contribution in [3.63, 3.8) is 0 Å². The molecule has 6 rings (SSSR count). The summed E-state index contributed by atoms with van der Waals surface area (Å²) >= 11 is 0. The molecule has 2 nitrogen and oxygen atoms in total. The first-order valence-corrected chi connectivity index (χ1v) is 14.6. The summed E-state index contributed by atoms with van der Waals surface area (Å²) in [6, 6.07) is 46.6. The molecule has 2 heteroatoms. The van der Waals surface area contributed by atoms with Gasteiger partial charge in [0.15, 0.2) is 0 Å². The van der Waals surface area contributed by atoms with Gasteiger partial charge in [0, 0.05) is 35.1 Å². The molecule has 0 spiro atoms. The first-order chi connectivity index (χ1) is 18.7. The number of hydrogen-bond donors (Lipinski definition) is 0.